The van der Waals surface area contributed by atoms with Gasteiger partial charge in [0.05, 0.1) is 11.1 Å². The van der Waals surface area contributed by atoms with Gasteiger partial charge in [0.25, 0.3) is 5.88 Å². The fourth-order valence-corrected chi connectivity index (χ4v) is 1.45. The summed E-state index contributed by atoms with van der Waals surface area (Å²) < 4.78 is 78.8. The van der Waals surface area contributed by atoms with Crippen molar-refractivity contribution in [3.63, 3.8) is 0 Å². The molecule has 0 radical (unpaired) electrons. The molecule has 2 N–H and O–H groups in total. The van der Waals surface area contributed by atoms with Crippen LogP contribution in [0.25, 0.3) is 0 Å². The Morgan fingerprint density at radius 3 is 2.03 bits per heavy atom. The van der Waals surface area contributed by atoms with Crippen molar-refractivity contribution >= 4 is 23.0 Å². The number of nitrogen functional groups attached to an aromatic ring is 1. The number of ether oxygens (including phenoxy) is 2. The molecule has 0 amide bonds. The predicted octanol–water partition coefficient (Wildman–Crippen LogP) is 2.98. The van der Waals surface area contributed by atoms with E-state index < -0.39 is 47.3 Å². The molecule has 0 aliphatic rings. The molecule has 0 bridgehead atoms. The second kappa shape index (κ2) is 11.6. The molecule has 2 rings (SSSR count). The molecule has 18 heteroatoms. The molecular formula is C12H9ClF6N6O4Pd. The van der Waals surface area contributed by atoms with Gasteiger partial charge < -0.3 is 15.2 Å². The van der Waals surface area contributed by atoms with Gasteiger partial charge in [-0.2, -0.15) is 31.3 Å². The summed E-state index contributed by atoms with van der Waals surface area (Å²) in [5.41, 5.74) is 4.43. The van der Waals surface area contributed by atoms with Crippen molar-refractivity contribution in [2.24, 2.45) is 0 Å². The van der Waals surface area contributed by atoms with Crippen LogP contribution >= 0.6 is 11.6 Å². The maximum Gasteiger partial charge on any atom is 0.422 e. The van der Waals surface area contributed by atoms with Crippen LogP contribution in [0.3, 0.4) is 0 Å². The number of anilines is 1. The maximum atomic E-state index is 11.8. The van der Waals surface area contributed by atoms with E-state index in [1.54, 1.807) is 0 Å². The Hall–Kier alpha value is -2.51. The summed E-state index contributed by atoms with van der Waals surface area (Å²) in [4.78, 5) is 22.8. The summed E-state index contributed by atoms with van der Waals surface area (Å²) in [5.74, 6) is -1.07. The van der Waals surface area contributed by atoms with E-state index in [0.717, 1.165) is 6.33 Å². The first-order valence-electron chi connectivity index (χ1n) is 6.90. The van der Waals surface area contributed by atoms with Gasteiger partial charge in [-0.05, 0) is 11.6 Å². The molecule has 2 aromatic rings. The normalized spacial score (nSPS) is 10.9. The van der Waals surface area contributed by atoms with Gasteiger partial charge in [0.2, 0.25) is 11.2 Å². The summed E-state index contributed by atoms with van der Waals surface area (Å²) in [6.07, 6.45) is -6.12. The largest absolute Gasteiger partial charge is 0.466 e. The molecule has 0 atom stereocenters. The average molecular weight is 557 g/mol. The fourth-order valence-electron chi connectivity index (χ4n) is 1.32. The third-order valence-corrected chi connectivity index (χ3v) is 2.53. The van der Waals surface area contributed by atoms with Crippen molar-refractivity contribution in [2.75, 3.05) is 18.9 Å². The van der Waals surface area contributed by atoms with Crippen LogP contribution in [-0.2, 0) is 20.4 Å². The van der Waals surface area contributed by atoms with Crippen LogP contribution in [-0.4, -0.2) is 50.4 Å². The van der Waals surface area contributed by atoms with Crippen LogP contribution in [0.2, 0.25) is 5.28 Å². The van der Waals surface area contributed by atoms with E-state index in [2.05, 4.69) is 29.4 Å². The number of nitro groups is 1. The van der Waals surface area contributed by atoms with E-state index >= 15 is 0 Å². The first kappa shape index (κ1) is 27.5. The Bertz CT molecular complexity index is 844. The van der Waals surface area contributed by atoms with Crippen molar-refractivity contribution in [1.29, 1.82) is 0 Å². The minimum atomic E-state index is -4.62. The minimum Gasteiger partial charge on any atom is -0.466 e. The molecule has 0 aliphatic carbocycles. The van der Waals surface area contributed by atoms with Gasteiger partial charge in [-0.1, -0.05) is 0 Å². The summed E-state index contributed by atoms with van der Waals surface area (Å²) in [5, 5.41) is 9.94. The van der Waals surface area contributed by atoms with Gasteiger partial charge in [-0.15, -0.1) is 0 Å². The van der Waals surface area contributed by atoms with Crippen LogP contribution in [0.5, 0.6) is 11.8 Å². The number of hydrogen-bond donors (Lipinski definition) is 1. The van der Waals surface area contributed by atoms with E-state index in [0.29, 0.717) is 6.20 Å². The van der Waals surface area contributed by atoms with E-state index in [1.807, 2.05) is 0 Å². The average Bonchev–Trinajstić information content (AvgIpc) is 2.58. The zero-order chi connectivity index (χ0) is 22.2. The molecule has 0 saturated carbocycles. The second-order valence-corrected chi connectivity index (χ2v) is 5.02. The first-order valence-corrected chi connectivity index (χ1v) is 7.28. The summed E-state index contributed by atoms with van der Waals surface area (Å²) in [6, 6.07) is 0. The summed E-state index contributed by atoms with van der Waals surface area (Å²) >= 11 is 5.27. The Balaban J connectivity index is 0.000000553. The van der Waals surface area contributed by atoms with Gasteiger partial charge in [-0.3, -0.25) is 10.1 Å². The zero-order valence-corrected chi connectivity index (χ0v) is 16.4. The standard InChI is InChI=1S/C6H3ClF3N3O3.C6H6F3N3O.Pd/c7-5-11-1-3(13(14)15)4(12-5)16-2-6(8,9)10;7-6(8,9)2-13-5-4(10)1-11-3-12-5;/h1H,2H2;1,3H,2,10H2;. The predicted molar refractivity (Wildman–Crippen MR) is 83.2 cm³/mol. The number of alkyl halides is 6. The van der Waals surface area contributed by atoms with Gasteiger partial charge in [0.15, 0.2) is 13.2 Å². The molecule has 0 aromatic carbocycles. The molecule has 30 heavy (non-hydrogen) atoms. The molecule has 0 unspecified atom stereocenters. The number of halogens is 7. The van der Waals surface area contributed by atoms with Gasteiger partial charge >= 0.3 is 18.0 Å². The van der Waals surface area contributed by atoms with E-state index in [4.69, 9.17) is 17.3 Å². The SMILES string of the molecule is Nc1cncnc1OCC(F)(F)F.O=[N+]([O-])c1cnc(Cl)nc1OCC(F)(F)F.[Pd]. The quantitative estimate of drug-likeness (QED) is 0.193. The number of rotatable bonds is 5. The molecule has 170 valence electrons. The van der Waals surface area contributed by atoms with Crippen LogP contribution in [0.1, 0.15) is 0 Å². The fraction of sp³-hybridized carbons (Fsp3) is 0.333. The maximum absolute atomic E-state index is 11.8. The Kier molecular flexibility index (Phi) is 10.6. The van der Waals surface area contributed by atoms with Crippen LogP contribution in [0.4, 0.5) is 37.7 Å². The van der Waals surface area contributed by atoms with Gasteiger partial charge in [0.1, 0.15) is 18.2 Å². The molecule has 0 saturated heterocycles. The molecule has 10 nitrogen and oxygen atoms in total. The number of hydrogen-bond acceptors (Lipinski definition) is 9. The monoisotopic (exact) mass is 556 g/mol. The molecule has 2 aromatic heterocycles. The van der Waals surface area contributed by atoms with Crippen molar-refractivity contribution in [3.05, 3.63) is 34.1 Å². The molecular weight excluding hydrogens is 548 g/mol. The zero-order valence-electron chi connectivity index (χ0n) is 14.1. The molecule has 0 aliphatic heterocycles. The van der Waals surface area contributed by atoms with Crippen molar-refractivity contribution in [1.82, 2.24) is 19.9 Å². The third kappa shape index (κ3) is 10.9. The third-order valence-electron chi connectivity index (χ3n) is 2.35. The number of nitrogens with zero attached hydrogens (tertiary/aromatic N) is 5. The van der Waals surface area contributed by atoms with Crippen molar-refractivity contribution < 1.29 is 61.2 Å². The van der Waals surface area contributed by atoms with E-state index in [9.17, 15) is 36.5 Å². The molecule has 2 heterocycles. The van der Waals surface area contributed by atoms with Gasteiger partial charge in [-0.25, -0.2) is 15.0 Å². The minimum absolute atomic E-state index is 0. The van der Waals surface area contributed by atoms with Crippen LogP contribution < -0.4 is 15.2 Å². The van der Waals surface area contributed by atoms with Crippen LogP contribution in [0, 0.1) is 10.1 Å². The van der Waals surface area contributed by atoms with Crippen molar-refractivity contribution in [2.45, 2.75) is 12.4 Å². The summed E-state index contributed by atoms with van der Waals surface area (Å²) in [7, 11) is 0. The first-order chi connectivity index (χ1) is 13.3. The Morgan fingerprint density at radius 2 is 1.57 bits per heavy atom. The summed E-state index contributed by atoms with van der Waals surface area (Å²) in [6.45, 7) is -3.10. The van der Waals surface area contributed by atoms with Crippen LogP contribution in [0.15, 0.2) is 18.7 Å². The molecule has 0 spiro atoms. The molecule has 0 fully saturated rings. The van der Waals surface area contributed by atoms with E-state index in [-0.39, 0.29) is 32.0 Å². The van der Waals surface area contributed by atoms with Crippen molar-refractivity contribution in [3.8, 4) is 11.8 Å². The number of nitrogens with two attached hydrogens (primary N) is 1. The van der Waals surface area contributed by atoms with E-state index in [1.165, 1.54) is 6.20 Å². The smallest absolute Gasteiger partial charge is 0.422 e. The van der Waals surface area contributed by atoms with Gasteiger partial charge in [0, 0.05) is 20.4 Å². The topological polar surface area (TPSA) is 139 Å². The number of aromatic nitrogens is 4. The Labute approximate surface area is 181 Å². The second-order valence-electron chi connectivity index (χ2n) is 4.68. The Morgan fingerprint density at radius 1 is 1.03 bits per heavy atom.